The average molecular weight is 271 g/mol. The molecule has 1 aromatic rings. The maximum Gasteiger partial charge on any atom is 0.304 e. The van der Waals surface area contributed by atoms with Crippen LogP contribution in [0.3, 0.4) is 0 Å². The lowest BCUT2D eigenvalue weighted by atomic mass is 9.91. The van der Waals surface area contributed by atoms with Gasteiger partial charge in [-0.1, -0.05) is 11.6 Å². The number of methoxy groups -OCH3 is 2. The molecule has 0 bridgehead atoms. The van der Waals surface area contributed by atoms with Crippen LogP contribution in [0, 0.1) is 0 Å². The van der Waals surface area contributed by atoms with Crippen molar-refractivity contribution >= 4 is 17.6 Å². The predicted molar refractivity (Wildman–Crippen MR) is 67.7 cm³/mol. The van der Waals surface area contributed by atoms with Gasteiger partial charge < -0.3 is 14.6 Å². The summed E-state index contributed by atoms with van der Waals surface area (Å²) in [6, 6.07) is 3.47. The van der Waals surface area contributed by atoms with Crippen molar-refractivity contribution in [2.24, 2.45) is 0 Å². The first-order valence-electron chi connectivity index (χ1n) is 5.66. The Morgan fingerprint density at radius 2 is 1.94 bits per heavy atom. The van der Waals surface area contributed by atoms with Gasteiger partial charge in [0.25, 0.3) is 0 Å². The van der Waals surface area contributed by atoms with Gasteiger partial charge in [-0.05, 0) is 18.9 Å². The van der Waals surface area contributed by atoms with Crippen LogP contribution >= 0.6 is 11.6 Å². The van der Waals surface area contributed by atoms with Crippen LogP contribution in [-0.2, 0) is 10.2 Å². The molecule has 0 radical (unpaired) electrons. The van der Waals surface area contributed by atoms with Crippen molar-refractivity contribution < 1.29 is 19.4 Å². The zero-order valence-electron chi connectivity index (χ0n) is 10.3. The van der Waals surface area contributed by atoms with E-state index in [1.165, 1.54) is 7.11 Å². The topological polar surface area (TPSA) is 55.8 Å². The molecule has 1 N–H and O–H groups in total. The van der Waals surface area contributed by atoms with Gasteiger partial charge >= 0.3 is 5.97 Å². The van der Waals surface area contributed by atoms with Gasteiger partial charge in [-0.15, -0.1) is 0 Å². The number of hydrogen-bond donors (Lipinski definition) is 1. The SMILES string of the molecule is COc1cc(C2(CC(=O)O)CC2)c(OC)cc1Cl. The molecule has 0 aromatic heterocycles. The summed E-state index contributed by atoms with van der Waals surface area (Å²) in [6.07, 6.45) is 1.80. The van der Waals surface area contributed by atoms with E-state index in [2.05, 4.69) is 0 Å². The maximum atomic E-state index is 11.0. The zero-order chi connectivity index (χ0) is 13.3. The van der Waals surface area contributed by atoms with E-state index in [-0.39, 0.29) is 11.8 Å². The highest BCUT2D eigenvalue weighted by Gasteiger charge is 2.48. The third kappa shape index (κ3) is 2.25. The van der Waals surface area contributed by atoms with Crippen LogP contribution in [-0.4, -0.2) is 25.3 Å². The Labute approximate surface area is 110 Å². The van der Waals surface area contributed by atoms with Crippen molar-refractivity contribution in [3.63, 3.8) is 0 Å². The van der Waals surface area contributed by atoms with Crippen LogP contribution in [0.25, 0.3) is 0 Å². The van der Waals surface area contributed by atoms with Crippen LogP contribution in [0.4, 0.5) is 0 Å². The lowest BCUT2D eigenvalue weighted by Gasteiger charge is -2.18. The standard InChI is InChI=1S/C13H15ClO4/c1-17-10-6-9(14)11(18-2)5-8(10)13(3-4-13)7-12(15)16/h5-6H,3-4,7H2,1-2H3,(H,15,16). The molecule has 1 saturated carbocycles. The van der Waals surface area contributed by atoms with E-state index in [1.54, 1.807) is 19.2 Å². The Hall–Kier alpha value is -1.42. The largest absolute Gasteiger partial charge is 0.496 e. The van der Waals surface area contributed by atoms with Crippen LogP contribution in [0.2, 0.25) is 5.02 Å². The second kappa shape index (κ2) is 4.69. The Bertz CT molecular complexity index is 480. The van der Waals surface area contributed by atoms with Crippen molar-refractivity contribution in [3.05, 3.63) is 22.7 Å². The Morgan fingerprint density at radius 1 is 1.33 bits per heavy atom. The molecular formula is C13H15ClO4. The maximum absolute atomic E-state index is 11.0. The van der Waals surface area contributed by atoms with Crippen LogP contribution in [0.1, 0.15) is 24.8 Å². The number of rotatable bonds is 5. The third-order valence-electron chi connectivity index (χ3n) is 3.39. The fourth-order valence-electron chi connectivity index (χ4n) is 2.26. The lowest BCUT2D eigenvalue weighted by Crippen LogP contribution is -2.14. The number of aliphatic carboxylic acids is 1. The van der Waals surface area contributed by atoms with E-state index >= 15 is 0 Å². The molecule has 1 aliphatic rings. The molecule has 0 aliphatic heterocycles. The number of halogens is 1. The minimum Gasteiger partial charge on any atom is -0.496 e. The summed E-state index contributed by atoms with van der Waals surface area (Å²) in [5.74, 6) is 0.368. The molecule has 4 nitrogen and oxygen atoms in total. The summed E-state index contributed by atoms with van der Waals surface area (Å²) in [6.45, 7) is 0. The van der Waals surface area contributed by atoms with Crippen molar-refractivity contribution in [1.29, 1.82) is 0 Å². The molecule has 18 heavy (non-hydrogen) atoms. The van der Waals surface area contributed by atoms with E-state index in [0.29, 0.717) is 16.5 Å². The summed E-state index contributed by atoms with van der Waals surface area (Å²) in [5.41, 5.74) is 0.545. The van der Waals surface area contributed by atoms with Crippen LogP contribution in [0.15, 0.2) is 12.1 Å². The summed E-state index contributed by atoms with van der Waals surface area (Å²) in [7, 11) is 3.09. The lowest BCUT2D eigenvalue weighted by molar-refractivity contribution is -0.137. The fourth-order valence-corrected chi connectivity index (χ4v) is 2.49. The van der Waals surface area contributed by atoms with Gasteiger partial charge in [-0.25, -0.2) is 0 Å². The minimum absolute atomic E-state index is 0.105. The average Bonchev–Trinajstić information content (AvgIpc) is 3.08. The molecule has 0 saturated heterocycles. The number of benzene rings is 1. The second-order valence-corrected chi connectivity index (χ2v) is 4.95. The molecular weight excluding hydrogens is 256 g/mol. The van der Waals surface area contributed by atoms with Crippen LogP contribution < -0.4 is 9.47 Å². The summed E-state index contributed by atoms with van der Waals surface area (Å²) >= 11 is 6.04. The highest BCUT2D eigenvalue weighted by atomic mass is 35.5. The molecule has 1 aliphatic carbocycles. The van der Waals surface area contributed by atoms with Crippen molar-refractivity contribution in [3.8, 4) is 11.5 Å². The first-order chi connectivity index (χ1) is 8.52. The van der Waals surface area contributed by atoms with Gasteiger partial charge in [0.2, 0.25) is 0 Å². The van der Waals surface area contributed by atoms with E-state index in [4.69, 9.17) is 26.2 Å². The Balaban J connectivity index is 2.46. The zero-order valence-corrected chi connectivity index (χ0v) is 11.1. The highest BCUT2D eigenvalue weighted by Crippen LogP contribution is 2.55. The molecule has 1 fully saturated rings. The number of carboxylic acid groups (broad SMARTS) is 1. The van der Waals surface area contributed by atoms with Crippen molar-refractivity contribution in [1.82, 2.24) is 0 Å². The smallest absolute Gasteiger partial charge is 0.304 e. The van der Waals surface area contributed by atoms with Crippen molar-refractivity contribution in [2.75, 3.05) is 14.2 Å². The first kappa shape index (κ1) is 13.0. The number of carbonyl (C=O) groups is 1. The molecule has 2 rings (SSSR count). The number of ether oxygens (including phenoxy) is 2. The van der Waals surface area contributed by atoms with Gasteiger partial charge in [0.15, 0.2) is 0 Å². The molecule has 1 aromatic carbocycles. The van der Waals surface area contributed by atoms with E-state index in [0.717, 1.165) is 18.4 Å². The van der Waals surface area contributed by atoms with E-state index < -0.39 is 5.97 Å². The second-order valence-electron chi connectivity index (χ2n) is 4.54. The Kier molecular flexibility index (Phi) is 3.39. The minimum atomic E-state index is -0.802. The van der Waals surface area contributed by atoms with Crippen LogP contribution in [0.5, 0.6) is 11.5 Å². The molecule has 0 atom stereocenters. The molecule has 0 amide bonds. The Morgan fingerprint density at radius 3 is 2.39 bits per heavy atom. The first-order valence-corrected chi connectivity index (χ1v) is 6.04. The van der Waals surface area contributed by atoms with Gasteiger partial charge in [0.1, 0.15) is 11.5 Å². The summed E-state index contributed by atoms with van der Waals surface area (Å²) in [5, 5.41) is 9.46. The third-order valence-corrected chi connectivity index (χ3v) is 3.68. The number of carboxylic acids is 1. The monoisotopic (exact) mass is 270 g/mol. The molecule has 0 spiro atoms. The van der Waals surface area contributed by atoms with Gasteiger partial charge in [-0.2, -0.15) is 0 Å². The fraction of sp³-hybridized carbons (Fsp3) is 0.462. The number of hydrogen-bond acceptors (Lipinski definition) is 3. The quantitative estimate of drug-likeness (QED) is 0.894. The van der Waals surface area contributed by atoms with Gasteiger partial charge in [-0.3, -0.25) is 4.79 Å². The predicted octanol–water partition coefficient (Wildman–Crippen LogP) is 2.86. The van der Waals surface area contributed by atoms with Crippen molar-refractivity contribution in [2.45, 2.75) is 24.7 Å². The molecule has 0 heterocycles. The van der Waals surface area contributed by atoms with E-state index in [1.807, 2.05) is 0 Å². The van der Waals surface area contributed by atoms with E-state index in [9.17, 15) is 4.79 Å². The summed E-state index contributed by atoms with van der Waals surface area (Å²) in [4.78, 5) is 11.0. The highest BCUT2D eigenvalue weighted by molar-refractivity contribution is 6.32. The summed E-state index contributed by atoms with van der Waals surface area (Å²) < 4.78 is 10.5. The molecule has 0 unspecified atom stereocenters. The normalized spacial score (nSPS) is 16.2. The molecule has 5 heteroatoms. The van der Waals surface area contributed by atoms with Gasteiger partial charge in [0.05, 0.1) is 25.7 Å². The molecule has 98 valence electrons. The van der Waals surface area contributed by atoms with Gasteiger partial charge in [0, 0.05) is 17.0 Å².